The van der Waals surface area contributed by atoms with Crippen molar-refractivity contribution in [1.82, 2.24) is 15.3 Å². The molecule has 1 aromatic heterocycles. The molecule has 0 aromatic carbocycles. The topological polar surface area (TPSA) is 67.1 Å². The van der Waals surface area contributed by atoms with Crippen molar-refractivity contribution in [3.63, 3.8) is 0 Å². The first-order chi connectivity index (χ1) is 12.7. The fourth-order valence-corrected chi connectivity index (χ4v) is 5.20. The van der Waals surface area contributed by atoms with E-state index in [1.54, 1.807) is 0 Å². The maximum atomic E-state index is 6.93. The summed E-state index contributed by atoms with van der Waals surface area (Å²) in [5.41, 5.74) is 9.23. The molecule has 5 nitrogen and oxygen atoms in total. The molecule has 1 saturated carbocycles. The lowest BCUT2D eigenvalue weighted by molar-refractivity contribution is 0.341. The molecule has 0 bridgehead atoms. The quantitative estimate of drug-likeness (QED) is 0.814. The van der Waals surface area contributed by atoms with Crippen molar-refractivity contribution in [3.05, 3.63) is 17.1 Å². The van der Waals surface area contributed by atoms with Gasteiger partial charge in [0.2, 0.25) is 0 Å². The Kier molecular flexibility index (Phi) is 5.46. The molecular weight excluding hydrogens is 322 g/mol. The minimum absolute atomic E-state index is 0.281. The van der Waals surface area contributed by atoms with Crippen LogP contribution in [-0.2, 0) is 18.4 Å². The Hall–Kier alpha value is -1.20. The van der Waals surface area contributed by atoms with E-state index in [0.29, 0.717) is 0 Å². The molecule has 2 unspecified atom stereocenters. The molecule has 3 aliphatic rings. The van der Waals surface area contributed by atoms with E-state index >= 15 is 0 Å². The van der Waals surface area contributed by atoms with Crippen LogP contribution in [0.15, 0.2) is 0 Å². The summed E-state index contributed by atoms with van der Waals surface area (Å²) in [5, 5.41) is 3.44. The highest BCUT2D eigenvalue weighted by atomic mass is 15.2. The molecule has 4 rings (SSSR count). The van der Waals surface area contributed by atoms with Crippen molar-refractivity contribution in [3.8, 4) is 0 Å². The zero-order valence-corrected chi connectivity index (χ0v) is 16.4. The van der Waals surface area contributed by atoms with Crippen molar-refractivity contribution in [2.24, 2.45) is 5.73 Å². The summed E-state index contributed by atoms with van der Waals surface area (Å²) in [6.45, 7) is 2.27. The number of nitrogens with zero attached hydrogens (tertiary/aromatic N) is 3. The molecule has 0 radical (unpaired) electrons. The number of hydrogen-bond acceptors (Lipinski definition) is 5. The van der Waals surface area contributed by atoms with Gasteiger partial charge in [-0.25, -0.2) is 9.97 Å². The first-order valence-corrected chi connectivity index (χ1v) is 10.8. The van der Waals surface area contributed by atoms with E-state index in [9.17, 15) is 0 Å². The van der Waals surface area contributed by atoms with Crippen molar-refractivity contribution in [2.45, 2.75) is 88.6 Å². The van der Waals surface area contributed by atoms with Gasteiger partial charge < -0.3 is 16.0 Å². The molecule has 1 aromatic rings. The van der Waals surface area contributed by atoms with Gasteiger partial charge in [-0.3, -0.25) is 0 Å². The molecule has 0 spiro atoms. The van der Waals surface area contributed by atoms with Crippen LogP contribution < -0.4 is 16.0 Å². The lowest BCUT2D eigenvalue weighted by Crippen LogP contribution is -2.51. The smallest absolute Gasteiger partial charge is 0.152 e. The second-order valence-corrected chi connectivity index (χ2v) is 8.53. The molecule has 2 fully saturated rings. The van der Waals surface area contributed by atoms with Crippen LogP contribution in [0.4, 0.5) is 5.82 Å². The van der Waals surface area contributed by atoms with Crippen molar-refractivity contribution < 1.29 is 0 Å². The van der Waals surface area contributed by atoms with Crippen molar-refractivity contribution >= 4 is 5.82 Å². The highest BCUT2D eigenvalue weighted by Gasteiger charge is 2.43. The Labute approximate surface area is 158 Å². The van der Waals surface area contributed by atoms with Crippen molar-refractivity contribution in [1.29, 1.82) is 0 Å². The summed E-state index contributed by atoms with van der Waals surface area (Å²) in [6.07, 6.45) is 14.5. The number of fused-ring (bicyclic) bond motifs is 1. The first kappa shape index (κ1) is 18.2. The minimum atomic E-state index is -0.420. The molecule has 2 heterocycles. The van der Waals surface area contributed by atoms with Gasteiger partial charge in [0.25, 0.3) is 0 Å². The van der Waals surface area contributed by atoms with Crippen LogP contribution in [0.3, 0.4) is 0 Å². The fraction of sp³-hybridized carbons (Fsp3) is 0.810. The summed E-state index contributed by atoms with van der Waals surface area (Å²) in [6, 6.07) is 0.281. The lowest BCUT2D eigenvalue weighted by Gasteiger charge is -2.32. The van der Waals surface area contributed by atoms with E-state index in [0.717, 1.165) is 51.0 Å². The lowest BCUT2D eigenvalue weighted by atomic mass is 9.92. The molecule has 144 valence electrons. The van der Waals surface area contributed by atoms with Crippen molar-refractivity contribution in [2.75, 3.05) is 25.0 Å². The van der Waals surface area contributed by atoms with Crippen LogP contribution in [0, 0.1) is 0 Å². The Balaban J connectivity index is 1.78. The van der Waals surface area contributed by atoms with E-state index in [-0.39, 0.29) is 6.04 Å². The van der Waals surface area contributed by atoms with E-state index in [1.807, 2.05) is 7.05 Å². The van der Waals surface area contributed by atoms with Crippen LogP contribution in [-0.4, -0.2) is 36.1 Å². The monoisotopic (exact) mass is 357 g/mol. The number of aromatic nitrogens is 2. The molecule has 1 saturated heterocycles. The van der Waals surface area contributed by atoms with E-state index in [4.69, 9.17) is 15.7 Å². The molecule has 0 amide bonds. The number of rotatable bonds is 3. The Bertz CT molecular complexity index is 623. The molecule has 26 heavy (non-hydrogen) atoms. The standard InChI is InChI=1S/C21H35N5/c1-23-18-12-9-13-21(18,22)20-24-17-11-6-4-5-10-16(17)19(25-20)26-14-7-2-3-8-15-26/h18,23H,2-15,22H2,1H3. The van der Waals surface area contributed by atoms with Gasteiger partial charge in [-0.1, -0.05) is 19.3 Å². The first-order valence-electron chi connectivity index (χ1n) is 10.8. The summed E-state index contributed by atoms with van der Waals surface area (Å²) in [5.74, 6) is 2.12. The largest absolute Gasteiger partial charge is 0.356 e. The van der Waals surface area contributed by atoms with Crippen LogP contribution in [0.2, 0.25) is 0 Å². The number of aryl methyl sites for hydroxylation is 1. The number of likely N-dealkylation sites (N-methyl/N-ethyl adjacent to an activating group) is 1. The number of hydrogen-bond donors (Lipinski definition) is 2. The Morgan fingerprint density at radius 2 is 1.69 bits per heavy atom. The van der Waals surface area contributed by atoms with E-state index < -0.39 is 5.54 Å². The third-order valence-electron chi connectivity index (χ3n) is 6.79. The predicted octanol–water partition coefficient (Wildman–Crippen LogP) is 3.05. The molecule has 5 heteroatoms. The van der Waals surface area contributed by atoms with Gasteiger partial charge in [-0.15, -0.1) is 0 Å². The third-order valence-corrected chi connectivity index (χ3v) is 6.79. The second kappa shape index (κ2) is 7.81. The van der Waals surface area contributed by atoms with Gasteiger partial charge in [0, 0.05) is 30.4 Å². The van der Waals surface area contributed by atoms with E-state index in [2.05, 4.69) is 10.2 Å². The van der Waals surface area contributed by atoms with Gasteiger partial charge in [0.1, 0.15) is 5.82 Å². The minimum Gasteiger partial charge on any atom is -0.356 e. The molecule has 3 N–H and O–H groups in total. The average molecular weight is 358 g/mol. The molecule has 1 aliphatic heterocycles. The normalized spacial score (nSPS) is 29.9. The highest BCUT2D eigenvalue weighted by molar-refractivity contribution is 5.51. The fourth-order valence-electron chi connectivity index (χ4n) is 5.20. The summed E-state index contributed by atoms with van der Waals surface area (Å²) < 4.78 is 0. The zero-order valence-electron chi connectivity index (χ0n) is 16.4. The number of anilines is 1. The van der Waals surface area contributed by atoms with Crippen LogP contribution in [0.1, 0.15) is 81.3 Å². The molecule has 2 atom stereocenters. The maximum absolute atomic E-state index is 6.93. The van der Waals surface area contributed by atoms with Crippen LogP contribution in [0.5, 0.6) is 0 Å². The highest BCUT2D eigenvalue weighted by Crippen LogP contribution is 2.38. The summed E-state index contributed by atoms with van der Waals surface area (Å²) in [4.78, 5) is 12.8. The van der Waals surface area contributed by atoms with Gasteiger partial charge in [0.05, 0.1) is 5.54 Å². The SMILES string of the molecule is CNC1CCCC1(N)c1nc2c(c(N3CCCCCC3)n1)CCCCC2. The third kappa shape index (κ3) is 3.36. The predicted molar refractivity (Wildman–Crippen MR) is 107 cm³/mol. The average Bonchev–Trinajstić information content (AvgIpc) is 2.87. The second-order valence-electron chi connectivity index (χ2n) is 8.53. The summed E-state index contributed by atoms with van der Waals surface area (Å²) >= 11 is 0. The Morgan fingerprint density at radius 3 is 2.46 bits per heavy atom. The van der Waals surface area contributed by atoms with Gasteiger partial charge in [0.15, 0.2) is 5.82 Å². The molecular formula is C21H35N5. The molecule has 2 aliphatic carbocycles. The van der Waals surface area contributed by atoms with E-state index in [1.165, 1.54) is 62.0 Å². The van der Waals surface area contributed by atoms with Crippen LogP contribution >= 0.6 is 0 Å². The number of nitrogens with two attached hydrogens (primary N) is 1. The zero-order chi connectivity index (χ0) is 18.0. The summed E-state index contributed by atoms with van der Waals surface area (Å²) in [7, 11) is 2.02. The maximum Gasteiger partial charge on any atom is 0.152 e. The van der Waals surface area contributed by atoms with Gasteiger partial charge in [-0.2, -0.15) is 0 Å². The Morgan fingerprint density at radius 1 is 0.962 bits per heavy atom. The van der Waals surface area contributed by atoms with Gasteiger partial charge in [-0.05, 0) is 64.8 Å². The number of nitrogens with one attached hydrogen (secondary N) is 1. The van der Waals surface area contributed by atoms with Crippen LogP contribution in [0.25, 0.3) is 0 Å². The van der Waals surface area contributed by atoms with Gasteiger partial charge >= 0.3 is 0 Å².